The predicted octanol–water partition coefficient (Wildman–Crippen LogP) is 4.01. The molecule has 0 saturated heterocycles. The summed E-state index contributed by atoms with van der Waals surface area (Å²) in [6, 6.07) is 0. The molecule has 2 rings (SSSR count). The van der Waals surface area contributed by atoms with Gasteiger partial charge in [0.05, 0.1) is 5.92 Å². The Labute approximate surface area is 123 Å². The number of carbonyl (C=O) groups excluding carboxylic acids is 1. The Kier molecular flexibility index (Phi) is 5.48. The van der Waals surface area contributed by atoms with Crippen molar-refractivity contribution in [1.29, 1.82) is 0 Å². The Bertz CT molecular complexity index is 326. The zero-order valence-corrected chi connectivity index (χ0v) is 13.4. The smallest absolute Gasteiger partial charge is 0.311 e. The maximum atomic E-state index is 12.4. The van der Waals surface area contributed by atoms with Gasteiger partial charge in [0.2, 0.25) is 6.29 Å². The molecule has 0 aliphatic heterocycles. The van der Waals surface area contributed by atoms with E-state index in [-0.39, 0.29) is 18.2 Å². The van der Waals surface area contributed by atoms with Crippen LogP contribution in [0.25, 0.3) is 0 Å². The Hall–Kier alpha value is -0.570. The van der Waals surface area contributed by atoms with Crippen LogP contribution >= 0.6 is 0 Å². The van der Waals surface area contributed by atoms with Crippen LogP contribution in [0.3, 0.4) is 0 Å². The third-order valence-corrected chi connectivity index (χ3v) is 5.75. The second-order valence-electron chi connectivity index (χ2n) is 6.82. The summed E-state index contributed by atoms with van der Waals surface area (Å²) in [5.41, 5.74) is 0. The largest absolute Gasteiger partial charge is 0.436 e. The van der Waals surface area contributed by atoms with E-state index in [1.165, 1.54) is 19.3 Å². The summed E-state index contributed by atoms with van der Waals surface area (Å²) in [5, 5.41) is 0. The first-order valence-electron chi connectivity index (χ1n) is 8.31. The summed E-state index contributed by atoms with van der Waals surface area (Å²) in [6.07, 6.45) is 6.12. The van der Waals surface area contributed by atoms with Crippen molar-refractivity contribution < 1.29 is 14.3 Å². The molecule has 0 radical (unpaired) electrons. The molecule has 2 bridgehead atoms. The Morgan fingerprint density at radius 2 is 1.95 bits per heavy atom. The highest BCUT2D eigenvalue weighted by atomic mass is 16.7. The highest BCUT2D eigenvalue weighted by Crippen LogP contribution is 2.55. The number of rotatable bonds is 7. The fraction of sp³-hybridized carbons (Fsp3) is 0.941. The molecule has 2 saturated carbocycles. The first-order chi connectivity index (χ1) is 9.58. The zero-order valence-electron chi connectivity index (χ0n) is 13.4. The number of ether oxygens (including phenoxy) is 2. The maximum Gasteiger partial charge on any atom is 0.311 e. The molecule has 6 atom stereocenters. The van der Waals surface area contributed by atoms with Crippen LogP contribution in [-0.4, -0.2) is 19.4 Å². The van der Waals surface area contributed by atoms with Crippen LogP contribution < -0.4 is 0 Å². The molecule has 0 aromatic carbocycles. The minimum atomic E-state index is -0.346. The zero-order chi connectivity index (χ0) is 14.7. The van der Waals surface area contributed by atoms with Crippen LogP contribution in [0.15, 0.2) is 0 Å². The molecule has 116 valence electrons. The molecule has 2 aliphatic carbocycles. The van der Waals surface area contributed by atoms with Gasteiger partial charge in [0.15, 0.2) is 0 Å². The van der Waals surface area contributed by atoms with Gasteiger partial charge in [0.1, 0.15) is 0 Å². The van der Waals surface area contributed by atoms with E-state index in [1.54, 1.807) is 7.11 Å². The number of fused-ring (bicyclic) bond motifs is 2. The molecule has 2 fully saturated rings. The molecular weight excluding hydrogens is 252 g/mol. The Morgan fingerprint density at radius 1 is 1.20 bits per heavy atom. The Morgan fingerprint density at radius 3 is 2.50 bits per heavy atom. The standard InChI is InChI=1S/C17H30O3/c1-5-6-7-8-16(19-4)20-17(18)15-10-13-9-14(15)12(3)11(13)2/h11-16H,5-10H2,1-4H3. The third kappa shape index (κ3) is 3.19. The number of methoxy groups -OCH3 is 1. The second-order valence-corrected chi connectivity index (χ2v) is 6.82. The van der Waals surface area contributed by atoms with E-state index < -0.39 is 0 Å². The highest BCUT2D eigenvalue weighted by Gasteiger charge is 2.51. The summed E-state index contributed by atoms with van der Waals surface area (Å²) in [5.74, 6) is 2.80. The van der Waals surface area contributed by atoms with Crippen molar-refractivity contribution in [3.63, 3.8) is 0 Å². The molecule has 0 N–H and O–H groups in total. The van der Waals surface area contributed by atoms with Crippen LogP contribution in [0, 0.1) is 29.6 Å². The second kappa shape index (κ2) is 6.93. The number of hydrogen-bond donors (Lipinski definition) is 0. The van der Waals surface area contributed by atoms with E-state index in [9.17, 15) is 4.79 Å². The summed E-state index contributed by atoms with van der Waals surface area (Å²) in [7, 11) is 1.63. The average Bonchev–Trinajstić information content (AvgIpc) is 2.99. The molecule has 3 nitrogen and oxygen atoms in total. The minimum Gasteiger partial charge on any atom is -0.436 e. The third-order valence-electron chi connectivity index (χ3n) is 5.75. The Balaban J connectivity index is 1.83. The first kappa shape index (κ1) is 15.8. The fourth-order valence-electron chi connectivity index (χ4n) is 4.21. The fourth-order valence-corrected chi connectivity index (χ4v) is 4.21. The van der Waals surface area contributed by atoms with E-state index in [4.69, 9.17) is 9.47 Å². The van der Waals surface area contributed by atoms with E-state index >= 15 is 0 Å². The van der Waals surface area contributed by atoms with Gasteiger partial charge in [0, 0.05) is 13.5 Å². The van der Waals surface area contributed by atoms with Gasteiger partial charge < -0.3 is 9.47 Å². The van der Waals surface area contributed by atoms with Gasteiger partial charge in [-0.05, 0) is 42.9 Å². The van der Waals surface area contributed by atoms with E-state index in [0.717, 1.165) is 31.1 Å². The lowest BCUT2D eigenvalue weighted by Gasteiger charge is -2.31. The summed E-state index contributed by atoms with van der Waals surface area (Å²) < 4.78 is 10.9. The number of esters is 1. The highest BCUT2D eigenvalue weighted by molar-refractivity contribution is 5.73. The normalized spacial score (nSPS) is 37.1. The molecule has 0 aromatic rings. The van der Waals surface area contributed by atoms with E-state index in [1.807, 2.05) is 0 Å². The molecule has 0 heterocycles. The van der Waals surface area contributed by atoms with Gasteiger partial charge in [-0.15, -0.1) is 0 Å². The van der Waals surface area contributed by atoms with Crippen molar-refractivity contribution in [2.75, 3.05) is 7.11 Å². The summed E-state index contributed by atoms with van der Waals surface area (Å²) in [4.78, 5) is 12.4. The van der Waals surface area contributed by atoms with Crippen LogP contribution in [-0.2, 0) is 14.3 Å². The quantitative estimate of drug-likeness (QED) is 0.402. The minimum absolute atomic E-state index is 0.0143. The van der Waals surface area contributed by atoms with Crippen LogP contribution in [0.1, 0.15) is 59.3 Å². The summed E-state index contributed by atoms with van der Waals surface area (Å²) >= 11 is 0. The molecule has 3 heteroatoms. The van der Waals surface area contributed by atoms with Gasteiger partial charge in [-0.2, -0.15) is 0 Å². The van der Waals surface area contributed by atoms with E-state index in [0.29, 0.717) is 11.8 Å². The van der Waals surface area contributed by atoms with Crippen molar-refractivity contribution in [2.24, 2.45) is 29.6 Å². The van der Waals surface area contributed by atoms with Crippen LogP contribution in [0.4, 0.5) is 0 Å². The number of unbranched alkanes of at least 4 members (excludes halogenated alkanes) is 2. The van der Waals surface area contributed by atoms with Gasteiger partial charge in [-0.25, -0.2) is 0 Å². The molecule has 2 aliphatic rings. The van der Waals surface area contributed by atoms with Crippen molar-refractivity contribution in [3.05, 3.63) is 0 Å². The topological polar surface area (TPSA) is 35.5 Å². The maximum absolute atomic E-state index is 12.4. The van der Waals surface area contributed by atoms with Gasteiger partial charge in [0.25, 0.3) is 0 Å². The van der Waals surface area contributed by atoms with Crippen LogP contribution in [0.2, 0.25) is 0 Å². The molecule has 0 amide bonds. The summed E-state index contributed by atoms with van der Waals surface area (Å²) in [6.45, 7) is 6.80. The lowest BCUT2D eigenvalue weighted by atomic mass is 9.76. The van der Waals surface area contributed by atoms with Crippen molar-refractivity contribution >= 4 is 5.97 Å². The van der Waals surface area contributed by atoms with E-state index in [2.05, 4.69) is 20.8 Å². The van der Waals surface area contributed by atoms with Crippen molar-refractivity contribution in [2.45, 2.75) is 65.6 Å². The van der Waals surface area contributed by atoms with Crippen molar-refractivity contribution in [1.82, 2.24) is 0 Å². The van der Waals surface area contributed by atoms with Gasteiger partial charge in [-0.1, -0.05) is 33.6 Å². The van der Waals surface area contributed by atoms with Crippen LogP contribution in [0.5, 0.6) is 0 Å². The number of hydrogen-bond acceptors (Lipinski definition) is 3. The number of carbonyl (C=O) groups is 1. The average molecular weight is 282 g/mol. The molecule has 20 heavy (non-hydrogen) atoms. The van der Waals surface area contributed by atoms with Crippen molar-refractivity contribution in [3.8, 4) is 0 Å². The van der Waals surface area contributed by atoms with Gasteiger partial charge in [-0.3, -0.25) is 4.79 Å². The predicted molar refractivity (Wildman–Crippen MR) is 79.1 cm³/mol. The van der Waals surface area contributed by atoms with Gasteiger partial charge >= 0.3 is 5.97 Å². The SMILES string of the molecule is CCCCCC(OC)OC(=O)C1CC2CC1C(C)C2C. The molecule has 0 aromatic heterocycles. The molecule has 0 spiro atoms. The molecular formula is C17H30O3. The monoisotopic (exact) mass is 282 g/mol. The lowest BCUT2D eigenvalue weighted by molar-refractivity contribution is -0.182. The first-order valence-corrected chi connectivity index (χ1v) is 8.31. The molecule has 6 unspecified atom stereocenters. The lowest BCUT2D eigenvalue weighted by Crippen LogP contribution is -2.33.